The molecular weight excluding hydrogens is 138 g/mol. The third kappa shape index (κ3) is 0.946. The summed E-state index contributed by atoms with van der Waals surface area (Å²) in [6.45, 7) is 0. The van der Waals surface area contributed by atoms with Crippen LogP contribution in [0.4, 0.5) is 0 Å². The van der Waals surface area contributed by atoms with Gasteiger partial charge in [-0.3, -0.25) is 4.98 Å². The van der Waals surface area contributed by atoms with E-state index in [1.54, 1.807) is 12.4 Å². The highest BCUT2D eigenvalue weighted by molar-refractivity contribution is 5.72. The summed E-state index contributed by atoms with van der Waals surface area (Å²) in [6, 6.07) is 3.84. The molecule has 1 aromatic heterocycles. The molecule has 0 amide bonds. The van der Waals surface area contributed by atoms with Gasteiger partial charge in [-0.05, 0) is 30.5 Å². The standard InChI is InChI=1S/C9H9NO/c11-7-9(3-4-9)8-1-5-10-6-2-8/h1-2,5-7H,3-4H2. The van der Waals surface area contributed by atoms with Crippen LogP contribution in [0.3, 0.4) is 0 Å². The molecule has 1 heterocycles. The normalized spacial score (nSPS) is 19.3. The maximum absolute atomic E-state index is 10.7. The molecule has 0 aromatic carbocycles. The Balaban J connectivity index is 2.37. The van der Waals surface area contributed by atoms with E-state index in [1.807, 2.05) is 12.1 Å². The number of hydrogen-bond donors (Lipinski definition) is 0. The van der Waals surface area contributed by atoms with Gasteiger partial charge in [-0.1, -0.05) is 0 Å². The van der Waals surface area contributed by atoms with Gasteiger partial charge in [0.25, 0.3) is 0 Å². The summed E-state index contributed by atoms with van der Waals surface area (Å²) in [6.07, 6.45) is 6.53. The van der Waals surface area contributed by atoms with Gasteiger partial charge in [0.1, 0.15) is 6.29 Å². The lowest BCUT2D eigenvalue weighted by molar-refractivity contribution is -0.109. The molecule has 0 N–H and O–H groups in total. The number of carbonyl (C=O) groups excluding carboxylic acids is 1. The molecule has 2 rings (SSSR count). The molecule has 0 atom stereocenters. The van der Waals surface area contributed by atoms with Crippen LogP contribution in [0.25, 0.3) is 0 Å². The predicted octanol–water partition coefficient (Wildman–Crippen LogP) is 1.31. The molecule has 56 valence electrons. The first kappa shape index (κ1) is 6.53. The molecule has 1 aromatic rings. The lowest BCUT2D eigenvalue weighted by atomic mass is 10.00. The summed E-state index contributed by atoms with van der Waals surface area (Å²) < 4.78 is 0. The summed E-state index contributed by atoms with van der Waals surface area (Å²) in [4.78, 5) is 14.6. The molecule has 1 aliphatic carbocycles. The van der Waals surface area contributed by atoms with Gasteiger partial charge in [0.05, 0.1) is 5.41 Å². The Kier molecular flexibility index (Phi) is 1.28. The quantitative estimate of drug-likeness (QED) is 0.590. The summed E-state index contributed by atoms with van der Waals surface area (Å²) in [5, 5.41) is 0. The minimum Gasteiger partial charge on any atom is -0.302 e. The lowest BCUT2D eigenvalue weighted by Gasteiger charge is -2.04. The molecule has 11 heavy (non-hydrogen) atoms. The van der Waals surface area contributed by atoms with Crippen molar-refractivity contribution in [3.63, 3.8) is 0 Å². The molecule has 0 unspecified atom stereocenters. The average Bonchev–Trinajstić information content (AvgIpc) is 2.86. The molecule has 0 aliphatic heterocycles. The van der Waals surface area contributed by atoms with Crippen molar-refractivity contribution in [2.24, 2.45) is 0 Å². The van der Waals surface area contributed by atoms with Gasteiger partial charge < -0.3 is 4.79 Å². The van der Waals surface area contributed by atoms with Gasteiger partial charge in [0, 0.05) is 12.4 Å². The van der Waals surface area contributed by atoms with Crippen molar-refractivity contribution >= 4 is 6.29 Å². The van der Waals surface area contributed by atoms with Crippen molar-refractivity contribution in [3.05, 3.63) is 30.1 Å². The van der Waals surface area contributed by atoms with Crippen LogP contribution in [0.5, 0.6) is 0 Å². The number of rotatable bonds is 2. The van der Waals surface area contributed by atoms with Crippen molar-refractivity contribution in [1.82, 2.24) is 4.98 Å². The first-order valence-corrected chi connectivity index (χ1v) is 3.74. The molecular formula is C9H9NO. The number of nitrogens with zero attached hydrogens (tertiary/aromatic N) is 1. The fourth-order valence-corrected chi connectivity index (χ4v) is 1.29. The molecule has 2 nitrogen and oxygen atoms in total. The second-order valence-electron chi connectivity index (χ2n) is 3.01. The minimum absolute atomic E-state index is 0.136. The Morgan fingerprint density at radius 3 is 2.45 bits per heavy atom. The van der Waals surface area contributed by atoms with Crippen LogP contribution in [-0.4, -0.2) is 11.3 Å². The highest BCUT2D eigenvalue weighted by atomic mass is 16.1. The largest absolute Gasteiger partial charge is 0.302 e. The number of hydrogen-bond acceptors (Lipinski definition) is 2. The van der Waals surface area contributed by atoms with E-state index in [1.165, 1.54) is 0 Å². The average molecular weight is 147 g/mol. The van der Waals surface area contributed by atoms with Gasteiger partial charge >= 0.3 is 0 Å². The van der Waals surface area contributed by atoms with Crippen LogP contribution in [0.1, 0.15) is 18.4 Å². The van der Waals surface area contributed by atoms with Crippen molar-refractivity contribution in [1.29, 1.82) is 0 Å². The van der Waals surface area contributed by atoms with Crippen LogP contribution in [0, 0.1) is 0 Å². The van der Waals surface area contributed by atoms with Gasteiger partial charge in [0.2, 0.25) is 0 Å². The molecule has 0 saturated heterocycles. The maximum atomic E-state index is 10.7. The van der Waals surface area contributed by atoms with Crippen LogP contribution in [0.2, 0.25) is 0 Å². The van der Waals surface area contributed by atoms with Crippen LogP contribution >= 0.6 is 0 Å². The third-order valence-corrected chi connectivity index (χ3v) is 2.27. The van der Waals surface area contributed by atoms with Crippen molar-refractivity contribution in [2.45, 2.75) is 18.3 Å². The topological polar surface area (TPSA) is 30.0 Å². The zero-order valence-corrected chi connectivity index (χ0v) is 6.16. The highest BCUT2D eigenvalue weighted by Crippen LogP contribution is 2.45. The SMILES string of the molecule is O=CC1(c2ccncc2)CC1. The van der Waals surface area contributed by atoms with Crippen LogP contribution < -0.4 is 0 Å². The Morgan fingerprint density at radius 1 is 1.36 bits per heavy atom. The van der Waals surface area contributed by atoms with Crippen LogP contribution in [-0.2, 0) is 10.2 Å². The van der Waals surface area contributed by atoms with Crippen molar-refractivity contribution in [3.8, 4) is 0 Å². The van der Waals surface area contributed by atoms with E-state index in [-0.39, 0.29) is 5.41 Å². The van der Waals surface area contributed by atoms with E-state index in [2.05, 4.69) is 4.98 Å². The van der Waals surface area contributed by atoms with Crippen molar-refractivity contribution < 1.29 is 4.79 Å². The zero-order chi connectivity index (χ0) is 7.73. The minimum atomic E-state index is -0.136. The highest BCUT2D eigenvalue weighted by Gasteiger charge is 2.43. The van der Waals surface area contributed by atoms with Gasteiger partial charge in [-0.15, -0.1) is 0 Å². The molecule has 1 saturated carbocycles. The van der Waals surface area contributed by atoms with E-state index < -0.39 is 0 Å². The molecule has 1 aliphatic rings. The molecule has 0 spiro atoms. The zero-order valence-electron chi connectivity index (χ0n) is 6.16. The number of aldehydes is 1. The van der Waals surface area contributed by atoms with Gasteiger partial charge in [-0.2, -0.15) is 0 Å². The van der Waals surface area contributed by atoms with Gasteiger partial charge in [0.15, 0.2) is 0 Å². The fourth-order valence-electron chi connectivity index (χ4n) is 1.29. The Morgan fingerprint density at radius 2 is 2.00 bits per heavy atom. The second-order valence-corrected chi connectivity index (χ2v) is 3.01. The summed E-state index contributed by atoms with van der Waals surface area (Å²) in [5.74, 6) is 0. The molecule has 2 heteroatoms. The summed E-state index contributed by atoms with van der Waals surface area (Å²) >= 11 is 0. The van der Waals surface area contributed by atoms with Crippen LogP contribution in [0.15, 0.2) is 24.5 Å². The first-order valence-electron chi connectivity index (χ1n) is 3.74. The Hall–Kier alpha value is -1.18. The Labute approximate surface area is 65.3 Å². The number of pyridine rings is 1. The first-order chi connectivity index (χ1) is 5.37. The second kappa shape index (κ2) is 2.16. The van der Waals surface area contributed by atoms with E-state index in [4.69, 9.17) is 0 Å². The number of aromatic nitrogens is 1. The Bertz CT molecular complexity index is 264. The van der Waals surface area contributed by atoms with E-state index in [0.29, 0.717) is 0 Å². The molecule has 0 bridgehead atoms. The number of carbonyl (C=O) groups is 1. The lowest BCUT2D eigenvalue weighted by Crippen LogP contribution is -2.06. The summed E-state index contributed by atoms with van der Waals surface area (Å²) in [7, 11) is 0. The molecule has 1 fully saturated rings. The smallest absolute Gasteiger partial charge is 0.130 e. The van der Waals surface area contributed by atoms with E-state index in [0.717, 1.165) is 24.7 Å². The van der Waals surface area contributed by atoms with Gasteiger partial charge in [-0.25, -0.2) is 0 Å². The maximum Gasteiger partial charge on any atom is 0.130 e. The monoisotopic (exact) mass is 147 g/mol. The molecule has 0 radical (unpaired) electrons. The fraction of sp³-hybridized carbons (Fsp3) is 0.333. The van der Waals surface area contributed by atoms with Crippen molar-refractivity contribution in [2.75, 3.05) is 0 Å². The summed E-state index contributed by atoms with van der Waals surface area (Å²) in [5.41, 5.74) is 0.977. The third-order valence-electron chi connectivity index (χ3n) is 2.27. The van der Waals surface area contributed by atoms with E-state index in [9.17, 15) is 4.79 Å². The predicted molar refractivity (Wildman–Crippen MR) is 41.2 cm³/mol. The van der Waals surface area contributed by atoms with E-state index >= 15 is 0 Å².